The highest BCUT2D eigenvalue weighted by Gasteiger charge is 2.12. The van der Waals surface area contributed by atoms with Crippen molar-refractivity contribution in [2.75, 3.05) is 11.9 Å². The van der Waals surface area contributed by atoms with Crippen LogP contribution in [0.3, 0.4) is 0 Å². The van der Waals surface area contributed by atoms with Gasteiger partial charge in [0.25, 0.3) is 5.91 Å². The third kappa shape index (κ3) is 3.59. The zero-order valence-electron chi connectivity index (χ0n) is 11.6. The molecule has 0 atom stereocenters. The molecule has 0 unspecified atom stereocenters. The van der Waals surface area contributed by atoms with E-state index in [0.717, 1.165) is 5.56 Å². The van der Waals surface area contributed by atoms with E-state index in [4.69, 9.17) is 5.73 Å². The smallest absolute Gasteiger partial charge is 0.259 e. The third-order valence-corrected chi connectivity index (χ3v) is 2.79. The Morgan fingerprint density at radius 2 is 2.24 bits per heavy atom. The molecule has 0 saturated carbocycles. The highest BCUT2D eigenvalue weighted by molar-refractivity contribution is 6.06. The molecule has 0 fully saturated rings. The molecular weight excluding hydrogens is 266 g/mol. The number of aromatic nitrogens is 1. The first-order chi connectivity index (χ1) is 10.1. The van der Waals surface area contributed by atoms with Gasteiger partial charge in [-0.3, -0.25) is 9.78 Å². The summed E-state index contributed by atoms with van der Waals surface area (Å²) in [5, 5.41) is 12.4. The van der Waals surface area contributed by atoms with Gasteiger partial charge >= 0.3 is 0 Å². The molecule has 4 N–H and O–H groups in total. The zero-order chi connectivity index (χ0) is 15.2. The van der Waals surface area contributed by atoms with Crippen molar-refractivity contribution in [1.29, 1.82) is 0 Å². The van der Waals surface area contributed by atoms with E-state index in [9.17, 15) is 9.90 Å². The first-order valence-corrected chi connectivity index (χ1v) is 6.35. The number of nitrogens with zero attached hydrogens (tertiary/aromatic N) is 1. The Balaban J connectivity index is 2.31. The molecule has 1 aromatic heterocycles. The van der Waals surface area contributed by atoms with Crippen LogP contribution in [-0.4, -0.2) is 22.5 Å². The third-order valence-electron chi connectivity index (χ3n) is 2.79. The quantitative estimate of drug-likeness (QED) is 0.730. The number of carbonyl (C=O) groups is 1. The number of nitrogens with one attached hydrogen (secondary N) is 1. The highest BCUT2D eigenvalue weighted by atomic mass is 16.3. The fraction of sp³-hybridized carbons (Fsp3) is 0.125. The lowest BCUT2D eigenvalue weighted by Gasteiger charge is -2.09. The fourth-order valence-electron chi connectivity index (χ4n) is 1.78. The fourth-order valence-corrected chi connectivity index (χ4v) is 1.78. The van der Waals surface area contributed by atoms with Crippen molar-refractivity contribution in [3.8, 4) is 17.6 Å². The van der Waals surface area contributed by atoms with E-state index in [0.29, 0.717) is 11.3 Å². The number of hydrogen-bond donors (Lipinski definition) is 3. The number of benzene rings is 1. The van der Waals surface area contributed by atoms with Gasteiger partial charge in [0.15, 0.2) is 0 Å². The highest BCUT2D eigenvalue weighted by Crippen LogP contribution is 2.20. The number of aromatic hydroxyl groups is 1. The van der Waals surface area contributed by atoms with E-state index < -0.39 is 5.91 Å². The topological polar surface area (TPSA) is 88.2 Å². The van der Waals surface area contributed by atoms with Crippen LogP contribution in [0.1, 0.15) is 21.5 Å². The molecule has 0 aliphatic carbocycles. The summed E-state index contributed by atoms with van der Waals surface area (Å²) in [7, 11) is 0. The number of hydrogen-bond acceptors (Lipinski definition) is 4. The molecule has 0 radical (unpaired) electrons. The van der Waals surface area contributed by atoms with Crippen LogP contribution in [-0.2, 0) is 0 Å². The van der Waals surface area contributed by atoms with Crippen molar-refractivity contribution in [3.63, 3.8) is 0 Å². The summed E-state index contributed by atoms with van der Waals surface area (Å²) in [4.78, 5) is 15.9. The lowest BCUT2D eigenvalue weighted by atomic mass is 10.1. The summed E-state index contributed by atoms with van der Waals surface area (Å²) in [5.41, 5.74) is 7.82. The molecule has 5 heteroatoms. The largest absolute Gasteiger partial charge is 0.505 e. The molecule has 0 aliphatic rings. The zero-order valence-corrected chi connectivity index (χ0v) is 11.6. The lowest BCUT2D eigenvalue weighted by Crippen LogP contribution is -2.13. The number of amides is 1. The predicted octanol–water partition coefficient (Wildman–Crippen LogP) is 1.66. The van der Waals surface area contributed by atoms with Gasteiger partial charge < -0.3 is 16.2 Å². The molecule has 1 heterocycles. The van der Waals surface area contributed by atoms with Crippen molar-refractivity contribution in [1.82, 2.24) is 4.98 Å². The summed E-state index contributed by atoms with van der Waals surface area (Å²) in [6, 6.07) is 6.95. The van der Waals surface area contributed by atoms with Gasteiger partial charge in [-0.1, -0.05) is 17.9 Å². The van der Waals surface area contributed by atoms with Crippen molar-refractivity contribution in [2.24, 2.45) is 5.73 Å². The molecule has 1 amide bonds. The van der Waals surface area contributed by atoms with Crippen molar-refractivity contribution in [2.45, 2.75) is 6.92 Å². The molecule has 5 nitrogen and oxygen atoms in total. The van der Waals surface area contributed by atoms with Crippen LogP contribution in [0.25, 0.3) is 0 Å². The average Bonchev–Trinajstić information content (AvgIpc) is 2.47. The molecule has 2 rings (SSSR count). The minimum atomic E-state index is -0.422. The maximum atomic E-state index is 12.2. The maximum Gasteiger partial charge on any atom is 0.259 e. The maximum absolute atomic E-state index is 12.2. The molecule has 21 heavy (non-hydrogen) atoms. The monoisotopic (exact) mass is 281 g/mol. The molecular formula is C16H15N3O2. The Morgan fingerprint density at radius 1 is 1.43 bits per heavy atom. The second kappa shape index (κ2) is 6.55. The Morgan fingerprint density at radius 3 is 2.95 bits per heavy atom. The summed E-state index contributed by atoms with van der Waals surface area (Å²) >= 11 is 0. The van der Waals surface area contributed by atoms with Gasteiger partial charge in [0.1, 0.15) is 5.75 Å². The van der Waals surface area contributed by atoms with Crippen molar-refractivity contribution in [3.05, 3.63) is 53.3 Å². The second-order valence-corrected chi connectivity index (χ2v) is 4.40. The predicted molar refractivity (Wildman–Crippen MR) is 81.0 cm³/mol. The standard InChI is InChI=1S/C16H15N3O2/c1-11-4-5-14(12(9-11)3-2-7-17)19-16(21)13-6-8-18-10-15(13)20/h4-6,8-10,20H,7,17H2,1H3,(H,19,21). The van der Waals surface area contributed by atoms with Crippen LogP contribution in [0.2, 0.25) is 0 Å². The molecule has 0 spiro atoms. The van der Waals surface area contributed by atoms with Crippen LogP contribution in [0, 0.1) is 18.8 Å². The van der Waals surface area contributed by atoms with E-state index in [-0.39, 0.29) is 17.9 Å². The van der Waals surface area contributed by atoms with E-state index >= 15 is 0 Å². The van der Waals surface area contributed by atoms with E-state index in [1.807, 2.05) is 19.1 Å². The van der Waals surface area contributed by atoms with Gasteiger partial charge in [0, 0.05) is 11.8 Å². The van der Waals surface area contributed by atoms with Crippen molar-refractivity contribution < 1.29 is 9.90 Å². The summed E-state index contributed by atoms with van der Waals surface area (Å²) in [5.74, 6) is 5.09. The first-order valence-electron chi connectivity index (χ1n) is 6.35. The van der Waals surface area contributed by atoms with Gasteiger partial charge in [-0.15, -0.1) is 0 Å². The number of nitrogens with two attached hydrogens (primary N) is 1. The van der Waals surface area contributed by atoms with Gasteiger partial charge in [0.2, 0.25) is 0 Å². The van der Waals surface area contributed by atoms with Crippen LogP contribution in [0.5, 0.6) is 5.75 Å². The molecule has 0 aliphatic heterocycles. The molecule has 0 saturated heterocycles. The number of carbonyl (C=O) groups excluding carboxylic acids is 1. The minimum absolute atomic E-state index is 0.156. The Bertz CT molecular complexity index is 730. The normalized spacial score (nSPS) is 9.62. The Hall–Kier alpha value is -2.84. The van der Waals surface area contributed by atoms with Gasteiger partial charge in [0.05, 0.1) is 24.0 Å². The number of rotatable bonds is 2. The number of pyridine rings is 1. The lowest BCUT2D eigenvalue weighted by molar-refractivity contribution is 0.102. The van der Waals surface area contributed by atoms with E-state index in [1.165, 1.54) is 18.5 Å². The average molecular weight is 281 g/mol. The molecule has 2 aromatic rings. The summed E-state index contributed by atoms with van der Waals surface area (Å²) in [6.07, 6.45) is 2.66. The molecule has 106 valence electrons. The summed E-state index contributed by atoms with van der Waals surface area (Å²) in [6.45, 7) is 2.18. The number of anilines is 1. The number of aryl methyl sites for hydroxylation is 1. The van der Waals surface area contributed by atoms with Crippen LogP contribution in [0.15, 0.2) is 36.7 Å². The van der Waals surface area contributed by atoms with Gasteiger partial charge in [-0.25, -0.2) is 0 Å². The van der Waals surface area contributed by atoms with Crippen LogP contribution < -0.4 is 11.1 Å². The Labute approximate surface area is 122 Å². The first kappa shape index (κ1) is 14.6. The van der Waals surface area contributed by atoms with E-state index in [2.05, 4.69) is 22.1 Å². The van der Waals surface area contributed by atoms with E-state index in [1.54, 1.807) is 6.07 Å². The Kier molecular flexibility index (Phi) is 4.54. The van der Waals surface area contributed by atoms with Crippen LogP contribution in [0.4, 0.5) is 5.69 Å². The van der Waals surface area contributed by atoms with Crippen LogP contribution >= 0.6 is 0 Å². The SMILES string of the molecule is Cc1ccc(NC(=O)c2ccncc2O)c(C#CCN)c1. The van der Waals surface area contributed by atoms with Gasteiger partial charge in [-0.05, 0) is 30.7 Å². The molecule has 0 bridgehead atoms. The van der Waals surface area contributed by atoms with Crippen molar-refractivity contribution >= 4 is 11.6 Å². The molecule has 1 aromatic carbocycles. The summed E-state index contributed by atoms with van der Waals surface area (Å²) < 4.78 is 0. The minimum Gasteiger partial charge on any atom is -0.505 e. The van der Waals surface area contributed by atoms with Gasteiger partial charge in [-0.2, -0.15) is 0 Å². The second-order valence-electron chi connectivity index (χ2n) is 4.40.